The number of amides is 1. The number of fused-ring (bicyclic) bond motifs is 1. The van der Waals surface area contributed by atoms with E-state index in [0.29, 0.717) is 5.56 Å². The molecule has 84 valence electrons. The highest BCUT2D eigenvalue weighted by molar-refractivity contribution is 7.19. The van der Waals surface area contributed by atoms with Crippen LogP contribution in [-0.2, 0) is 4.84 Å². The molecule has 0 aliphatic carbocycles. The Morgan fingerprint density at radius 2 is 2.12 bits per heavy atom. The lowest BCUT2D eigenvalue weighted by molar-refractivity contribution is -0.0756. The van der Waals surface area contributed by atoms with E-state index in [1.165, 1.54) is 22.4 Å². The first-order valence-corrected chi connectivity index (χ1v) is 5.76. The van der Waals surface area contributed by atoms with Gasteiger partial charge in [-0.25, -0.2) is 5.06 Å². The number of hydroxylamine groups is 2. The Morgan fingerprint density at radius 3 is 2.81 bits per heavy atom. The molecule has 0 saturated carbocycles. The van der Waals surface area contributed by atoms with Crippen LogP contribution in [0, 0.1) is 6.92 Å². The molecule has 3 nitrogen and oxygen atoms in total. The maximum Gasteiger partial charge on any atom is 0.277 e. The van der Waals surface area contributed by atoms with E-state index in [1.807, 2.05) is 18.2 Å². The van der Waals surface area contributed by atoms with Crippen LogP contribution in [0.3, 0.4) is 0 Å². The van der Waals surface area contributed by atoms with Gasteiger partial charge in [0.25, 0.3) is 5.91 Å². The lowest BCUT2D eigenvalue weighted by atomic mass is 10.1. The Labute approximate surface area is 98.2 Å². The minimum atomic E-state index is -0.129. The molecule has 1 amide bonds. The molecule has 4 heteroatoms. The number of hydrogen-bond acceptors (Lipinski definition) is 3. The molecular formula is C12H13NO2S. The molecule has 0 radical (unpaired) electrons. The van der Waals surface area contributed by atoms with E-state index < -0.39 is 0 Å². The van der Waals surface area contributed by atoms with Gasteiger partial charge in [0, 0.05) is 22.2 Å². The number of rotatable bonds is 2. The Bertz CT molecular complexity index is 533. The molecular weight excluding hydrogens is 222 g/mol. The van der Waals surface area contributed by atoms with Gasteiger partial charge in [0.15, 0.2) is 0 Å². The maximum atomic E-state index is 11.8. The summed E-state index contributed by atoms with van der Waals surface area (Å²) in [5.74, 6) is -0.129. The highest BCUT2D eigenvalue weighted by atomic mass is 32.1. The molecule has 2 rings (SSSR count). The number of carbonyl (C=O) groups excluding carboxylic acids is 1. The highest BCUT2D eigenvalue weighted by Crippen LogP contribution is 2.26. The van der Waals surface area contributed by atoms with Crippen LogP contribution in [0.5, 0.6) is 0 Å². The molecule has 0 aliphatic rings. The third-order valence-corrected chi connectivity index (χ3v) is 3.46. The van der Waals surface area contributed by atoms with Crippen LogP contribution in [0.4, 0.5) is 0 Å². The number of aryl methyl sites for hydroxylation is 1. The molecule has 0 aliphatic heterocycles. The van der Waals surface area contributed by atoms with E-state index in [-0.39, 0.29) is 5.91 Å². The third-order valence-electron chi connectivity index (χ3n) is 2.45. The standard InChI is InChI=1S/C12H13NO2S/c1-8-6-9-4-5-10(7-11(9)16-8)12(14)13(2)15-3/h4-7H,1-3H3. The molecule has 1 heterocycles. The van der Waals surface area contributed by atoms with Crippen molar-refractivity contribution in [1.82, 2.24) is 5.06 Å². The highest BCUT2D eigenvalue weighted by Gasteiger charge is 2.12. The maximum absolute atomic E-state index is 11.8. The Kier molecular flexibility index (Phi) is 2.94. The van der Waals surface area contributed by atoms with E-state index in [1.54, 1.807) is 18.4 Å². The van der Waals surface area contributed by atoms with Crippen LogP contribution >= 0.6 is 11.3 Å². The fraction of sp³-hybridized carbons (Fsp3) is 0.250. The normalized spacial score (nSPS) is 10.7. The van der Waals surface area contributed by atoms with Gasteiger partial charge in [-0.1, -0.05) is 6.07 Å². The lowest BCUT2D eigenvalue weighted by Gasteiger charge is -2.13. The quantitative estimate of drug-likeness (QED) is 0.749. The summed E-state index contributed by atoms with van der Waals surface area (Å²) in [7, 11) is 3.08. The number of carbonyl (C=O) groups is 1. The van der Waals surface area contributed by atoms with Crippen LogP contribution in [0.25, 0.3) is 10.1 Å². The summed E-state index contributed by atoms with van der Waals surface area (Å²) in [5.41, 5.74) is 0.652. The van der Waals surface area contributed by atoms with Crippen molar-refractivity contribution in [2.45, 2.75) is 6.92 Å². The molecule has 0 spiro atoms. The number of benzene rings is 1. The first kappa shape index (κ1) is 11.1. The van der Waals surface area contributed by atoms with Crippen molar-refractivity contribution in [3.63, 3.8) is 0 Å². The summed E-state index contributed by atoms with van der Waals surface area (Å²) in [6, 6.07) is 7.82. The van der Waals surface area contributed by atoms with Gasteiger partial charge in [-0.05, 0) is 30.5 Å². The zero-order chi connectivity index (χ0) is 11.7. The molecule has 0 N–H and O–H groups in total. The number of thiophene rings is 1. The molecule has 0 atom stereocenters. The fourth-order valence-electron chi connectivity index (χ4n) is 1.56. The van der Waals surface area contributed by atoms with Crippen LogP contribution in [-0.4, -0.2) is 25.1 Å². The first-order chi connectivity index (χ1) is 7.61. The van der Waals surface area contributed by atoms with Gasteiger partial charge in [-0.15, -0.1) is 11.3 Å². The summed E-state index contributed by atoms with van der Waals surface area (Å²) < 4.78 is 1.13. The summed E-state index contributed by atoms with van der Waals surface area (Å²) in [6.07, 6.45) is 0. The molecule has 16 heavy (non-hydrogen) atoms. The topological polar surface area (TPSA) is 29.5 Å². The summed E-state index contributed by atoms with van der Waals surface area (Å²) in [6.45, 7) is 2.06. The SMILES string of the molecule is CON(C)C(=O)c1ccc2cc(C)sc2c1. The fourth-order valence-corrected chi connectivity index (χ4v) is 2.53. The molecule has 1 aromatic carbocycles. The lowest BCUT2D eigenvalue weighted by Crippen LogP contribution is -2.25. The molecule has 0 saturated heterocycles. The van der Waals surface area contributed by atoms with E-state index in [4.69, 9.17) is 4.84 Å². The van der Waals surface area contributed by atoms with Crippen LogP contribution < -0.4 is 0 Å². The van der Waals surface area contributed by atoms with E-state index in [9.17, 15) is 4.79 Å². The van der Waals surface area contributed by atoms with Crippen molar-refractivity contribution < 1.29 is 9.63 Å². The largest absolute Gasteiger partial charge is 0.277 e. The molecule has 0 unspecified atom stereocenters. The minimum absolute atomic E-state index is 0.129. The Balaban J connectivity index is 2.42. The summed E-state index contributed by atoms with van der Waals surface area (Å²) in [4.78, 5) is 18.0. The van der Waals surface area contributed by atoms with E-state index in [0.717, 1.165) is 4.70 Å². The van der Waals surface area contributed by atoms with Gasteiger partial charge in [0.1, 0.15) is 0 Å². The van der Waals surface area contributed by atoms with Crippen molar-refractivity contribution >= 4 is 27.3 Å². The third kappa shape index (κ3) is 1.94. The van der Waals surface area contributed by atoms with E-state index in [2.05, 4.69) is 13.0 Å². The summed E-state index contributed by atoms with van der Waals surface area (Å²) >= 11 is 1.69. The van der Waals surface area contributed by atoms with Crippen LogP contribution in [0.1, 0.15) is 15.2 Å². The molecule has 1 aromatic heterocycles. The smallest absolute Gasteiger partial charge is 0.274 e. The number of hydrogen-bond donors (Lipinski definition) is 0. The van der Waals surface area contributed by atoms with Crippen molar-refractivity contribution in [3.8, 4) is 0 Å². The monoisotopic (exact) mass is 235 g/mol. The Hall–Kier alpha value is -1.39. The number of nitrogens with zero attached hydrogens (tertiary/aromatic N) is 1. The average Bonchev–Trinajstić information content (AvgIpc) is 2.65. The van der Waals surface area contributed by atoms with Crippen molar-refractivity contribution in [1.29, 1.82) is 0 Å². The predicted octanol–water partition coefficient (Wildman–Crippen LogP) is 2.84. The molecule has 0 bridgehead atoms. The Morgan fingerprint density at radius 1 is 1.38 bits per heavy atom. The zero-order valence-electron chi connectivity index (χ0n) is 9.48. The first-order valence-electron chi connectivity index (χ1n) is 4.94. The van der Waals surface area contributed by atoms with E-state index >= 15 is 0 Å². The summed E-state index contributed by atoms with van der Waals surface area (Å²) in [5, 5.41) is 2.40. The average molecular weight is 235 g/mol. The molecule has 2 aromatic rings. The second-order valence-corrected chi connectivity index (χ2v) is 4.88. The van der Waals surface area contributed by atoms with Crippen molar-refractivity contribution in [2.75, 3.05) is 14.2 Å². The van der Waals surface area contributed by atoms with Gasteiger partial charge in [-0.2, -0.15) is 0 Å². The molecule has 0 fully saturated rings. The zero-order valence-corrected chi connectivity index (χ0v) is 10.3. The second-order valence-electron chi connectivity index (χ2n) is 3.59. The van der Waals surface area contributed by atoms with Gasteiger partial charge in [0.05, 0.1) is 7.11 Å². The van der Waals surface area contributed by atoms with Gasteiger partial charge in [0.2, 0.25) is 0 Å². The van der Waals surface area contributed by atoms with Gasteiger partial charge < -0.3 is 0 Å². The predicted molar refractivity (Wildman–Crippen MR) is 65.7 cm³/mol. The van der Waals surface area contributed by atoms with Crippen LogP contribution in [0.2, 0.25) is 0 Å². The van der Waals surface area contributed by atoms with Crippen molar-refractivity contribution in [2.24, 2.45) is 0 Å². The second kappa shape index (κ2) is 4.23. The van der Waals surface area contributed by atoms with Gasteiger partial charge >= 0.3 is 0 Å². The van der Waals surface area contributed by atoms with Crippen molar-refractivity contribution in [3.05, 3.63) is 34.7 Å². The van der Waals surface area contributed by atoms with Crippen LogP contribution in [0.15, 0.2) is 24.3 Å². The minimum Gasteiger partial charge on any atom is -0.274 e. The van der Waals surface area contributed by atoms with Gasteiger partial charge in [-0.3, -0.25) is 9.63 Å².